The van der Waals surface area contributed by atoms with E-state index >= 15 is 0 Å². The van der Waals surface area contributed by atoms with Gasteiger partial charge in [0.25, 0.3) is 0 Å². The molecule has 1 fully saturated rings. The predicted molar refractivity (Wildman–Crippen MR) is 71.2 cm³/mol. The van der Waals surface area contributed by atoms with Crippen LogP contribution in [0.4, 0.5) is 5.69 Å². The Hall–Kier alpha value is -1.95. The van der Waals surface area contributed by atoms with Gasteiger partial charge in [-0.05, 0) is 48.4 Å². The van der Waals surface area contributed by atoms with E-state index in [0.29, 0.717) is 12.2 Å². The SMILES string of the molecule is CC1CCC(CNc2cccc(-n3cnnn3)c2)O1. The van der Waals surface area contributed by atoms with Crippen molar-refractivity contribution < 1.29 is 4.74 Å². The maximum Gasteiger partial charge on any atom is 0.143 e. The third-order valence-electron chi connectivity index (χ3n) is 3.31. The Morgan fingerprint density at radius 2 is 2.37 bits per heavy atom. The van der Waals surface area contributed by atoms with E-state index in [1.165, 1.54) is 0 Å². The van der Waals surface area contributed by atoms with Crippen LogP contribution in [0.1, 0.15) is 19.8 Å². The fraction of sp³-hybridized carbons (Fsp3) is 0.462. The van der Waals surface area contributed by atoms with E-state index in [0.717, 1.165) is 30.8 Å². The van der Waals surface area contributed by atoms with Crippen molar-refractivity contribution in [2.45, 2.75) is 32.0 Å². The van der Waals surface area contributed by atoms with Gasteiger partial charge in [0, 0.05) is 12.2 Å². The summed E-state index contributed by atoms with van der Waals surface area (Å²) in [5, 5.41) is 14.6. The van der Waals surface area contributed by atoms with Crippen LogP contribution < -0.4 is 5.32 Å². The van der Waals surface area contributed by atoms with E-state index in [2.05, 4.69) is 27.8 Å². The molecule has 6 heteroatoms. The summed E-state index contributed by atoms with van der Waals surface area (Å²) >= 11 is 0. The molecular weight excluding hydrogens is 242 g/mol. The quantitative estimate of drug-likeness (QED) is 0.904. The second-order valence-electron chi connectivity index (χ2n) is 4.83. The number of hydrogen-bond donors (Lipinski definition) is 1. The van der Waals surface area contributed by atoms with Crippen molar-refractivity contribution in [1.82, 2.24) is 20.2 Å². The van der Waals surface area contributed by atoms with Crippen molar-refractivity contribution >= 4 is 5.69 Å². The number of nitrogens with zero attached hydrogens (tertiary/aromatic N) is 4. The maximum absolute atomic E-state index is 5.79. The van der Waals surface area contributed by atoms with Crippen LogP contribution >= 0.6 is 0 Å². The van der Waals surface area contributed by atoms with Crippen LogP contribution in [0.15, 0.2) is 30.6 Å². The van der Waals surface area contributed by atoms with Gasteiger partial charge < -0.3 is 10.1 Å². The van der Waals surface area contributed by atoms with Gasteiger partial charge in [-0.1, -0.05) is 6.07 Å². The third kappa shape index (κ3) is 2.90. The van der Waals surface area contributed by atoms with Crippen LogP contribution in [0.3, 0.4) is 0 Å². The molecule has 100 valence electrons. The molecule has 1 saturated heterocycles. The zero-order valence-electron chi connectivity index (χ0n) is 10.9. The number of rotatable bonds is 4. The Morgan fingerprint density at radius 3 is 3.11 bits per heavy atom. The first-order valence-electron chi connectivity index (χ1n) is 6.54. The molecule has 2 aromatic rings. The molecule has 0 amide bonds. The predicted octanol–water partition coefficient (Wildman–Crippen LogP) is 1.64. The molecule has 0 saturated carbocycles. The van der Waals surface area contributed by atoms with E-state index in [1.54, 1.807) is 11.0 Å². The van der Waals surface area contributed by atoms with Gasteiger partial charge in [0.2, 0.25) is 0 Å². The number of aromatic nitrogens is 4. The molecule has 3 rings (SSSR count). The van der Waals surface area contributed by atoms with Gasteiger partial charge in [-0.2, -0.15) is 0 Å². The second-order valence-corrected chi connectivity index (χ2v) is 4.83. The Morgan fingerprint density at radius 1 is 1.42 bits per heavy atom. The molecule has 0 aliphatic carbocycles. The fourth-order valence-corrected chi connectivity index (χ4v) is 2.31. The minimum Gasteiger partial charge on any atom is -0.382 e. The molecule has 1 aromatic heterocycles. The van der Waals surface area contributed by atoms with Crippen LogP contribution in [0, 0.1) is 0 Å². The molecule has 1 N–H and O–H groups in total. The second kappa shape index (κ2) is 5.36. The van der Waals surface area contributed by atoms with Gasteiger partial charge in [0.15, 0.2) is 0 Å². The van der Waals surface area contributed by atoms with Gasteiger partial charge in [-0.25, -0.2) is 4.68 Å². The standard InChI is InChI=1S/C13H17N5O/c1-10-5-6-13(19-10)8-14-11-3-2-4-12(7-11)18-9-15-16-17-18/h2-4,7,9-10,13-14H,5-6,8H2,1H3. The topological polar surface area (TPSA) is 64.9 Å². The molecule has 6 nitrogen and oxygen atoms in total. The summed E-state index contributed by atoms with van der Waals surface area (Å²) in [4.78, 5) is 0. The average molecular weight is 259 g/mol. The van der Waals surface area contributed by atoms with Gasteiger partial charge >= 0.3 is 0 Å². The molecule has 0 spiro atoms. The van der Waals surface area contributed by atoms with E-state index in [9.17, 15) is 0 Å². The number of ether oxygens (including phenoxy) is 1. The highest BCUT2D eigenvalue weighted by molar-refractivity contribution is 5.50. The Kier molecular flexibility index (Phi) is 3.41. The summed E-state index contributed by atoms with van der Waals surface area (Å²) < 4.78 is 7.42. The molecule has 2 atom stereocenters. The van der Waals surface area contributed by atoms with Crippen molar-refractivity contribution in [3.05, 3.63) is 30.6 Å². The van der Waals surface area contributed by atoms with E-state index < -0.39 is 0 Å². The molecule has 0 bridgehead atoms. The largest absolute Gasteiger partial charge is 0.382 e. The fourth-order valence-electron chi connectivity index (χ4n) is 2.31. The first-order valence-corrected chi connectivity index (χ1v) is 6.54. The Bertz CT molecular complexity index is 528. The summed E-state index contributed by atoms with van der Waals surface area (Å²) in [6.07, 6.45) is 4.56. The normalized spacial score (nSPS) is 22.6. The first-order chi connectivity index (χ1) is 9.31. The molecule has 1 aromatic carbocycles. The van der Waals surface area contributed by atoms with Crippen LogP contribution in [0.2, 0.25) is 0 Å². The third-order valence-corrected chi connectivity index (χ3v) is 3.31. The Balaban J connectivity index is 1.63. The summed E-state index contributed by atoms with van der Waals surface area (Å²) in [7, 11) is 0. The van der Waals surface area contributed by atoms with E-state index in [4.69, 9.17) is 4.74 Å². The van der Waals surface area contributed by atoms with Crippen LogP contribution in [-0.4, -0.2) is 39.0 Å². The average Bonchev–Trinajstić information content (AvgIpc) is 3.08. The molecule has 0 radical (unpaired) electrons. The maximum atomic E-state index is 5.79. The Labute approximate surface area is 111 Å². The minimum absolute atomic E-state index is 0.312. The lowest BCUT2D eigenvalue weighted by atomic mass is 10.2. The van der Waals surface area contributed by atoms with E-state index in [-0.39, 0.29) is 0 Å². The van der Waals surface area contributed by atoms with E-state index in [1.807, 2.05) is 24.3 Å². The lowest BCUT2D eigenvalue weighted by Gasteiger charge is -2.13. The van der Waals surface area contributed by atoms with Crippen molar-refractivity contribution in [2.24, 2.45) is 0 Å². The molecule has 1 aliphatic heterocycles. The molecular formula is C13H17N5O. The summed E-state index contributed by atoms with van der Waals surface area (Å²) in [5.41, 5.74) is 1.99. The first kappa shape index (κ1) is 12.1. The smallest absolute Gasteiger partial charge is 0.143 e. The van der Waals surface area contributed by atoms with Crippen molar-refractivity contribution in [3.63, 3.8) is 0 Å². The minimum atomic E-state index is 0.312. The number of tetrazole rings is 1. The van der Waals surface area contributed by atoms with Gasteiger partial charge in [0.1, 0.15) is 6.33 Å². The molecule has 19 heavy (non-hydrogen) atoms. The number of nitrogens with one attached hydrogen (secondary N) is 1. The van der Waals surface area contributed by atoms with Gasteiger partial charge in [-0.15, -0.1) is 5.10 Å². The highest BCUT2D eigenvalue weighted by Gasteiger charge is 2.21. The lowest BCUT2D eigenvalue weighted by Crippen LogP contribution is -2.19. The monoisotopic (exact) mass is 259 g/mol. The van der Waals surface area contributed by atoms with Crippen molar-refractivity contribution in [2.75, 3.05) is 11.9 Å². The number of hydrogen-bond acceptors (Lipinski definition) is 5. The zero-order chi connectivity index (χ0) is 13.1. The molecule has 1 aliphatic rings. The zero-order valence-corrected chi connectivity index (χ0v) is 10.9. The van der Waals surface area contributed by atoms with Crippen molar-refractivity contribution in [1.29, 1.82) is 0 Å². The van der Waals surface area contributed by atoms with Gasteiger partial charge in [0.05, 0.1) is 17.9 Å². The highest BCUT2D eigenvalue weighted by Crippen LogP contribution is 2.20. The lowest BCUT2D eigenvalue weighted by molar-refractivity contribution is 0.0637. The van der Waals surface area contributed by atoms with Crippen LogP contribution in [0.5, 0.6) is 0 Å². The number of benzene rings is 1. The van der Waals surface area contributed by atoms with Crippen LogP contribution in [-0.2, 0) is 4.74 Å². The van der Waals surface area contributed by atoms with Crippen molar-refractivity contribution in [3.8, 4) is 5.69 Å². The summed E-state index contributed by atoms with van der Waals surface area (Å²) in [5.74, 6) is 0. The highest BCUT2D eigenvalue weighted by atomic mass is 16.5. The van der Waals surface area contributed by atoms with Gasteiger partial charge in [-0.3, -0.25) is 0 Å². The molecule has 2 heterocycles. The van der Waals surface area contributed by atoms with Crippen LogP contribution in [0.25, 0.3) is 5.69 Å². The summed E-state index contributed by atoms with van der Waals surface area (Å²) in [6, 6.07) is 8.01. The summed E-state index contributed by atoms with van der Waals surface area (Å²) in [6.45, 7) is 2.96. The number of anilines is 1. The molecule has 2 unspecified atom stereocenters.